The molecule has 1 N–H and O–H groups in total. The second-order valence-electron chi connectivity index (χ2n) is 6.47. The summed E-state index contributed by atoms with van der Waals surface area (Å²) in [5, 5.41) is 2.77. The van der Waals surface area contributed by atoms with E-state index in [1.54, 1.807) is 43.5 Å². The van der Waals surface area contributed by atoms with E-state index in [0.29, 0.717) is 30.9 Å². The van der Waals surface area contributed by atoms with Crippen molar-refractivity contribution in [2.75, 3.05) is 30.5 Å². The normalized spacial score (nSPS) is 16.5. The molecule has 7 heteroatoms. The Morgan fingerprint density at radius 2 is 1.68 bits per heavy atom. The summed E-state index contributed by atoms with van der Waals surface area (Å²) < 4.78 is 5.05. The number of amides is 4. The zero-order valence-corrected chi connectivity index (χ0v) is 15.7. The maximum absolute atomic E-state index is 13.0. The molecular weight excluding hydrogens is 358 g/mol. The molecular formula is C21H23N3O4. The Hall–Kier alpha value is -3.19. The maximum atomic E-state index is 13.0. The minimum Gasteiger partial charge on any atom is -0.385 e. The van der Waals surface area contributed by atoms with Crippen LogP contribution in [0.15, 0.2) is 60.7 Å². The maximum Gasteiger partial charge on any atom is 0.332 e. The zero-order chi connectivity index (χ0) is 19.9. The summed E-state index contributed by atoms with van der Waals surface area (Å²) in [7, 11) is 1.58. The largest absolute Gasteiger partial charge is 0.385 e. The Kier molecular flexibility index (Phi) is 6.39. The van der Waals surface area contributed by atoms with Gasteiger partial charge in [-0.05, 0) is 30.7 Å². The van der Waals surface area contributed by atoms with E-state index in [-0.39, 0.29) is 12.3 Å². The molecule has 1 aliphatic heterocycles. The van der Waals surface area contributed by atoms with Crippen molar-refractivity contribution >= 4 is 29.2 Å². The van der Waals surface area contributed by atoms with E-state index in [1.807, 2.05) is 24.3 Å². The third-order valence-electron chi connectivity index (χ3n) is 4.52. The average molecular weight is 381 g/mol. The molecule has 3 rings (SSSR count). The van der Waals surface area contributed by atoms with Crippen LogP contribution in [0.4, 0.5) is 16.2 Å². The van der Waals surface area contributed by atoms with E-state index >= 15 is 0 Å². The molecule has 28 heavy (non-hydrogen) atoms. The summed E-state index contributed by atoms with van der Waals surface area (Å²) >= 11 is 0. The van der Waals surface area contributed by atoms with Gasteiger partial charge in [0.1, 0.15) is 6.04 Å². The molecule has 0 radical (unpaired) electrons. The molecule has 7 nitrogen and oxygen atoms in total. The van der Waals surface area contributed by atoms with Crippen molar-refractivity contribution < 1.29 is 19.1 Å². The highest BCUT2D eigenvalue weighted by Crippen LogP contribution is 2.27. The summed E-state index contributed by atoms with van der Waals surface area (Å²) in [6.45, 7) is 0.803. The molecule has 0 aromatic heterocycles. The molecule has 0 aliphatic carbocycles. The van der Waals surface area contributed by atoms with Gasteiger partial charge in [0.2, 0.25) is 5.91 Å². The van der Waals surface area contributed by atoms with E-state index in [1.165, 1.54) is 4.90 Å². The van der Waals surface area contributed by atoms with Gasteiger partial charge >= 0.3 is 6.03 Å². The predicted molar refractivity (Wildman–Crippen MR) is 106 cm³/mol. The van der Waals surface area contributed by atoms with Crippen LogP contribution >= 0.6 is 0 Å². The number of para-hydroxylation sites is 2. The van der Waals surface area contributed by atoms with Crippen molar-refractivity contribution in [3.8, 4) is 0 Å². The van der Waals surface area contributed by atoms with Gasteiger partial charge < -0.3 is 15.0 Å². The fraction of sp³-hybridized carbons (Fsp3) is 0.286. The number of hydrogen-bond donors (Lipinski definition) is 1. The first-order valence-corrected chi connectivity index (χ1v) is 9.15. The van der Waals surface area contributed by atoms with Crippen molar-refractivity contribution in [2.24, 2.45) is 0 Å². The van der Waals surface area contributed by atoms with Gasteiger partial charge in [0, 0.05) is 25.9 Å². The van der Waals surface area contributed by atoms with Crippen LogP contribution in [0.2, 0.25) is 0 Å². The minimum absolute atomic E-state index is 0.101. The number of urea groups is 1. The molecule has 1 heterocycles. The number of hydrogen-bond acceptors (Lipinski definition) is 4. The third kappa shape index (κ3) is 4.37. The van der Waals surface area contributed by atoms with E-state index in [2.05, 4.69) is 5.32 Å². The Morgan fingerprint density at radius 3 is 2.32 bits per heavy atom. The molecule has 1 unspecified atom stereocenters. The molecule has 4 amide bonds. The minimum atomic E-state index is -0.840. The van der Waals surface area contributed by atoms with Crippen LogP contribution in [0, 0.1) is 0 Å². The van der Waals surface area contributed by atoms with Gasteiger partial charge in [0.25, 0.3) is 5.91 Å². The van der Waals surface area contributed by atoms with Gasteiger partial charge in [0.05, 0.1) is 12.1 Å². The van der Waals surface area contributed by atoms with Crippen LogP contribution in [0.25, 0.3) is 0 Å². The smallest absolute Gasteiger partial charge is 0.332 e. The van der Waals surface area contributed by atoms with Crippen LogP contribution in [0.1, 0.15) is 12.8 Å². The lowest BCUT2D eigenvalue weighted by Gasteiger charge is -2.21. The van der Waals surface area contributed by atoms with E-state index in [4.69, 9.17) is 4.74 Å². The summed E-state index contributed by atoms with van der Waals surface area (Å²) in [6.07, 6.45) is 0.477. The van der Waals surface area contributed by atoms with E-state index in [0.717, 1.165) is 4.90 Å². The quantitative estimate of drug-likeness (QED) is 0.563. The van der Waals surface area contributed by atoms with Crippen LogP contribution in [0.5, 0.6) is 0 Å². The molecule has 0 spiro atoms. The van der Waals surface area contributed by atoms with Crippen LogP contribution < -0.4 is 10.2 Å². The lowest BCUT2D eigenvalue weighted by Crippen LogP contribution is -2.38. The molecule has 1 atom stereocenters. The number of nitrogens with one attached hydrogen (secondary N) is 1. The molecule has 0 bridgehead atoms. The number of anilines is 2. The number of ether oxygens (including phenoxy) is 1. The lowest BCUT2D eigenvalue weighted by molar-refractivity contribution is -0.124. The number of methoxy groups -OCH3 is 1. The van der Waals surface area contributed by atoms with E-state index in [9.17, 15) is 14.4 Å². The van der Waals surface area contributed by atoms with Gasteiger partial charge in [0.15, 0.2) is 0 Å². The number of carbonyl (C=O) groups is 3. The van der Waals surface area contributed by atoms with Gasteiger partial charge in [-0.2, -0.15) is 0 Å². The molecule has 1 aliphatic rings. The fourth-order valence-corrected chi connectivity index (χ4v) is 3.19. The van der Waals surface area contributed by atoms with Gasteiger partial charge in [-0.15, -0.1) is 0 Å². The molecule has 1 fully saturated rings. The van der Waals surface area contributed by atoms with Crippen LogP contribution in [0.3, 0.4) is 0 Å². The molecule has 146 valence electrons. The van der Waals surface area contributed by atoms with Crippen molar-refractivity contribution in [2.45, 2.75) is 18.9 Å². The van der Waals surface area contributed by atoms with Crippen molar-refractivity contribution in [1.29, 1.82) is 0 Å². The van der Waals surface area contributed by atoms with Crippen molar-refractivity contribution in [1.82, 2.24) is 4.90 Å². The molecule has 1 saturated heterocycles. The Morgan fingerprint density at radius 1 is 1.04 bits per heavy atom. The summed E-state index contributed by atoms with van der Waals surface area (Å²) in [5.41, 5.74) is 1.15. The monoisotopic (exact) mass is 381 g/mol. The average Bonchev–Trinajstić information content (AvgIpc) is 2.93. The summed E-state index contributed by atoms with van der Waals surface area (Å²) in [4.78, 5) is 41.0. The van der Waals surface area contributed by atoms with Gasteiger partial charge in [-0.25, -0.2) is 9.69 Å². The second-order valence-corrected chi connectivity index (χ2v) is 6.47. The number of carbonyl (C=O) groups excluding carboxylic acids is 3. The Balaban J connectivity index is 1.78. The van der Waals surface area contributed by atoms with Crippen molar-refractivity contribution in [3.05, 3.63) is 60.7 Å². The first-order chi connectivity index (χ1) is 13.6. The highest BCUT2D eigenvalue weighted by Gasteiger charge is 2.46. The van der Waals surface area contributed by atoms with Crippen molar-refractivity contribution in [3.63, 3.8) is 0 Å². The highest BCUT2D eigenvalue weighted by molar-refractivity contribution is 6.22. The Bertz CT molecular complexity index is 826. The van der Waals surface area contributed by atoms with Gasteiger partial charge in [-0.3, -0.25) is 9.59 Å². The third-order valence-corrected chi connectivity index (χ3v) is 4.52. The molecule has 2 aromatic rings. The van der Waals surface area contributed by atoms with E-state index < -0.39 is 18.0 Å². The molecule has 2 aromatic carbocycles. The lowest BCUT2D eigenvalue weighted by atomic mass is 10.1. The Labute approximate surface area is 163 Å². The zero-order valence-electron chi connectivity index (χ0n) is 15.7. The SMILES string of the molecule is COCCCN1C(=O)N(c2ccccc2)C(=O)C1CC(=O)Nc1ccccc1. The number of imide groups is 1. The second kappa shape index (κ2) is 9.14. The van der Waals surface area contributed by atoms with Crippen LogP contribution in [-0.2, 0) is 14.3 Å². The highest BCUT2D eigenvalue weighted by atomic mass is 16.5. The summed E-state index contributed by atoms with van der Waals surface area (Å²) in [5.74, 6) is -0.708. The van der Waals surface area contributed by atoms with Crippen LogP contribution in [-0.4, -0.2) is 49.0 Å². The first kappa shape index (κ1) is 19.6. The first-order valence-electron chi connectivity index (χ1n) is 9.15. The predicted octanol–water partition coefficient (Wildman–Crippen LogP) is 2.89. The van der Waals surface area contributed by atoms with Gasteiger partial charge in [-0.1, -0.05) is 36.4 Å². The standard InChI is InChI=1S/C21H23N3O4/c1-28-14-8-13-23-18(15-19(25)22-16-9-4-2-5-10-16)20(26)24(21(23)27)17-11-6-3-7-12-17/h2-7,9-12,18H,8,13-15H2,1H3,(H,22,25). The number of benzene rings is 2. The topological polar surface area (TPSA) is 79.0 Å². The number of nitrogens with zero attached hydrogens (tertiary/aromatic N) is 2. The fourth-order valence-electron chi connectivity index (χ4n) is 3.19. The summed E-state index contributed by atoms with van der Waals surface area (Å²) in [6, 6.07) is 16.5. The molecule has 0 saturated carbocycles. The number of rotatable bonds is 8.